The van der Waals surface area contributed by atoms with Gasteiger partial charge in [-0.3, -0.25) is 4.79 Å². The highest BCUT2D eigenvalue weighted by atomic mass is 35.5. The molecule has 2 aromatic rings. The zero-order valence-electron chi connectivity index (χ0n) is 12.9. The molecule has 0 aliphatic carbocycles. The second-order valence-corrected chi connectivity index (χ2v) is 5.86. The smallest absolute Gasteiger partial charge is 0.238 e. The number of methoxy groups -OCH3 is 1. The number of carbonyl (C=O) groups excluding carboxylic acids is 1. The topological polar surface area (TPSA) is 50.4 Å². The Morgan fingerprint density at radius 1 is 1.22 bits per heavy atom. The minimum atomic E-state index is -0.161. The third-order valence-corrected chi connectivity index (χ3v) is 3.94. The Hall–Kier alpha value is -1.75. The molecular weight excluding hydrogens is 335 g/mol. The van der Waals surface area contributed by atoms with Gasteiger partial charge in [0.05, 0.1) is 19.3 Å². The van der Waals surface area contributed by atoms with Crippen LogP contribution in [0.3, 0.4) is 0 Å². The van der Waals surface area contributed by atoms with Crippen LogP contribution in [0.1, 0.15) is 18.5 Å². The standard InChI is InChI=1S/C17H18Cl2N2O2/c1-11(13-8-7-12(18)9-14(13)19)20-10-17(22)21-15-5-3-4-6-16(15)23-2/h3-9,11,20H,10H2,1-2H3,(H,21,22). The van der Waals surface area contributed by atoms with Gasteiger partial charge >= 0.3 is 0 Å². The first-order chi connectivity index (χ1) is 11.0. The summed E-state index contributed by atoms with van der Waals surface area (Å²) in [6.45, 7) is 2.09. The molecule has 0 heterocycles. The zero-order chi connectivity index (χ0) is 16.8. The predicted octanol–water partition coefficient (Wildman–Crippen LogP) is 4.29. The lowest BCUT2D eigenvalue weighted by atomic mass is 10.1. The fraction of sp³-hybridized carbons (Fsp3) is 0.235. The Morgan fingerprint density at radius 2 is 1.96 bits per heavy atom. The Kier molecular flexibility index (Phi) is 6.28. The number of amides is 1. The van der Waals surface area contributed by atoms with E-state index in [1.807, 2.05) is 25.1 Å². The van der Waals surface area contributed by atoms with Gasteiger partial charge in [-0.2, -0.15) is 0 Å². The van der Waals surface area contributed by atoms with Crippen LogP contribution in [0.15, 0.2) is 42.5 Å². The molecule has 0 bridgehead atoms. The second kappa shape index (κ2) is 8.20. The van der Waals surface area contributed by atoms with Crippen LogP contribution < -0.4 is 15.4 Å². The number of carbonyl (C=O) groups is 1. The Labute approximate surface area is 145 Å². The third kappa shape index (κ3) is 4.86. The summed E-state index contributed by atoms with van der Waals surface area (Å²) in [5.41, 5.74) is 1.53. The van der Waals surface area contributed by atoms with Crippen LogP contribution >= 0.6 is 23.2 Å². The van der Waals surface area contributed by atoms with Gasteiger partial charge in [0.2, 0.25) is 5.91 Å². The number of rotatable bonds is 6. The van der Waals surface area contributed by atoms with Crippen molar-refractivity contribution in [3.8, 4) is 5.75 Å². The highest BCUT2D eigenvalue weighted by molar-refractivity contribution is 6.35. The van der Waals surface area contributed by atoms with E-state index in [1.165, 1.54) is 0 Å². The predicted molar refractivity (Wildman–Crippen MR) is 94.5 cm³/mol. The van der Waals surface area contributed by atoms with E-state index in [-0.39, 0.29) is 18.5 Å². The highest BCUT2D eigenvalue weighted by Crippen LogP contribution is 2.26. The molecule has 2 N–H and O–H groups in total. The minimum Gasteiger partial charge on any atom is -0.495 e. The molecule has 0 aliphatic heterocycles. The molecule has 0 aromatic heterocycles. The molecule has 0 spiro atoms. The fourth-order valence-electron chi connectivity index (χ4n) is 2.15. The van der Waals surface area contributed by atoms with Crippen molar-refractivity contribution in [1.82, 2.24) is 5.32 Å². The van der Waals surface area contributed by atoms with E-state index in [9.17, 15) is 4.79 Å². The van der Waals surface area contributed by atoms with E-state index in [0.29, 0.717) is 21.5 Å². The monoisotopic (exact) mass is 352 g/mol. The number of hydrogen-bond acceptors (Lipinski definition) is 3. The van der Waals surface area contributed by atoms with Gasteiger partial charge in [0, 0.05) is 16.1 Å². The Balaban J connectivity index is 1.93. The second-order valence-electron chi connectivity index (χ2n) is 5.02. The van der Waals surface area contributed by atoms with Gasteiger partial charge < -0.3 is 15.4 Å². The molecular formula is C17H18Cl2N2O2. The maximum absolute atomic E-state index is 12.1. The molecule has 0 radical (unpaired) electrons. The normalized spacial score (nSPS) is 11.8. The summed E-state index contributed by atoms with van der Waals surface area (Å²) in [5.74, 6) is 0.459. The molecule has 4 nitrogen and oxygen atoms in total. The van der Waals surface area contributed by atoms with Crippen LogP contribution in [0, 0.1) is 0 Å². The quantitative estimate of drug-likeness (QED) is 0.815. The number of nitrogens with one attached hydrogen (secondary N) is 2. The third-order valence-electron chi connectivity index (χ3n) is 3.38. The molecule has 122 valence electrons. The summed E-state index contributed by atoms with van der Waals surface area (Å²) in [7, 11) is 1.56. The van der Waals surface area contributed by atoms with Crippen LogP contribution in [0.25, 0.3) is 0 Å². The van der Waals surface area contributed by atoms with Gasteiger partial charge in [-0.25, -0.2) is 0 Å². The van der Waals surface area contributed by atoms with Crippen molar-refractivity contribution in [1.29, 1.82) is 0 Å². The lowest BCUT2D eigenvalue weighted by molar-refractivity contribution is -0.115. The van der Waals surface area contributed by atoms with Gasteiger partial charge in [-0.15, -0.1) is 0 Å². The fourth-order valence-corrected chi connectivity index (χ4v) is 2.72. The van der Waals surface area contributed by atoms with Crippen molar-refractivity contribution in [3.05, 3.63) is 58.1 Å². The summed E-state index contributed by atoms with van der Waals surface area (Å²) in [5, 5.41) is 7.10. The van der Waals surface area contributed by atoms with Crippen LogP contribution in [0.4, 0.5) is 5.69 Å². The van der Waals surface area contributed by atoms with E-state index < -0.39 is 0 Å². The lowest BCUT2D eigenvalue weighted by Crippen LogP contribution is -2.30. The number of anilines is 1. The molecule has 1 amide bonds. The molecule has 23 heavy (non-hydrogen) atoms. The van der Waals surface area contributed by atoms with Gasteiger partial charge in [-0.1, -0.05) is 41.4 Å². The van der Waals surface area contributed by atoms with Crippen LogP contribution in [-0.4, -0.2) is 19.6 Å². The Morgan fingerprint density at radius 3 is 2.65 bits per heavy atom. The SMILES string of the molecule is COc1ccccc1NC(=O)CNC(C)c1ccc(Cl)cc1Cl. The first kappa shape index (κ1) is 17.6. The lowest BCUT2D eigenvalue weighted by Gasteiger charge is -2.16. The first-order valence-corrected chi connectivity index (χ1v) is 7.88. The van der Waals surface area contributed by atoms with E-state index in [1.54, 1.807) is 31.4 Å². The summed E-state index contributed by atoms with van der Waals surface area (Å²) in [6, 6.07) is 12.5. The first-order valence-electron chi connectivity index (χ1n) is 7.12. The van der Waals surface area contributed by atoms with Crippen LogP contribution in [0.5, 0.6) is 5.75 Å². The van der Waals surface area contributed by atoms with Crippen LogP contribution in [-0.2, 0) is 4.79 Å². The van der Waals surface area contributed by atoms with Gasteiger partial charge in [-0.05, 0) is 36.8 Å². The van der Waals surface area contributed by atoms with E-state index in [2.05, 4.69) is 10.6 Å². The van der Waals surface area contributed by atoms with Crippen LogP contribution in [0.2, 0.25) is 10.0 Å². The molecule has 0 saturated carbocycles. The van der Waals surface area contributed by atoms with E-state index >= 15 is 0 Å². The molecule has 0 fully saturated rings. The average molecular weight is 353 g/mol. The number of benzene rings is 2. The summed E-state index contributed by atoms with van der Waals surface area (Å²) < 4.78 is 5.20. The molecule has 0 aliphatic rings. The highest BCUT2D eigenvalue weighted by Gasteiger charge is 2.12. The van der Waals surface area contributed by atoms with Gasteiger partial charge in [0.1, 0.15) is 5.75 Å². The maximum atomic E-state index is 12.1. The van der Waals surface area contributed by atoms with Gasteiger partial charge in [0.15, 0.2) is 0 Å². The van der Waals surface area contributed by atoms with Crippen molar-refractivity contribution >= 4 is 34.8 Å². The minimum absolute atomic E-state index is 0.0804. The number of hydrogen-bond donors (Lipinski definition) is 2. The molecule has 2 rings (SSSR count). The number of halogens is 2. The molecule has 2 aromatic carbocycles. The number of para-hydroxylation sites is 2. The zero-order valence-corrected chi connectivity index (χ0v) is 14.4. The van der Waals surface area contributed by atoms with Gasteiger partial charge in [0.25, 0.3) is 0 Å². The largest absolute Gasteiger partial charge is 0.495 e. The van der Waals surface area contributed by atoms with Crippen molar-refractivity contribution in [2.45, 2.75) is 13.0 Å². The Bertz CT molecular complexity index is 692. The average Bonchev–Trinajstić information content (AvgIpc) is 2.53. The maximum Gasteiger partial charge on any atom is 0.238 e. The molecule has 0 saturated heterocycles. The summed E-state index contributed by atoms with van der Waals surface area (Å²) in [6.07, 6.45) is 0. The van der Waals surface area contributed by atoms with E-state index in [0.717, 1.165) is 5.56 Å². The molecule has 1 unspecified atom stereocenters. The van der Waals surface area contributed by atoms with Crippen molar-refractivity contribution in [2.75, 3.05) is 19.0 Å². The van der Waals surface area contributed by atoms with E-state index in [4.69, 9.17) is 27.9 Å². The molecule has 1 atom stereocenters. The van der Waals surface area contributed by atoms with Crippen molar-refractivity contribution in [2.24, 2.45) is 0 Å². The molecule has 6 heteroatoms. The summed E-state index contributed by atoms with van der Waals surface area (Å²) >= 11 is 12.1. The van der Waals surface area contributed by atoms with Crippen molar-refractivity contribution in [3.63, 3.8) is 0 Å². The van der Waals surface area contributed by atoms with Crippen molar-refractivity contribution < 1.29 is 9.53 Å². The number of ether oxygens (including phenoxy) is 1. The summed E-state index contributed by atoms with van der Waals surface area (Å²) in [4.78, 5) is 12.1.